The number of β-amino-alcohol motifs (C(OH)–C–C–N with tert-alkyl or cyclic N) is 1. The molecule has 2 aromatic rings. The van der Waals surface area contributed by atoms with Crippen LogP contribution in [0.4, 0.5) is 10.1 Å². The monoisotopic (exact) mass is 346 g/mol. The Morgan fingerprint density at radius 1 is 0.960 bits per heavy atom. The predicted octanol–water partition coefficient (Wildman–Crippen LogP) is 2.09. The summed E-state index contributed by atoms with van der Waals surface area (Å²) in [5, 5.41) is 19.4. The van der Waals surface area contributed by atoms with E-state index in [2.05, 4.69) is 9.80 Å². The van der Waals surface area contributed by atoms with Gasteiger partial charge in [0, 0.05) is 38.4 Å². The highest BCUT2D eigenvalue weighted by Crippen LogP contribution is 2.18. The number of aliphatic hydroxyl groups is 1. The summed E-state index contributed by atoms with van der Waals surface area (Å²) in [6.07, 6.45) is -0.578. The van der Waals surface area contributed by atoms with Crippen molar-refractivity contribution >= 4 is 5.69 Å². The van der Waals surface area contributed by atoms with E-state index >= 15 is 0 Å². The zero-order valence-electron chi connectivity index (χ0n) is 14.0. The van der Waals surface area contributed by atoms with Crippen molar-refractivity contribution in [3.8, 4) is 11.5 Å². The molecule has 2 N–H and O–H groups in total. The van der Waals surface area contributed by atoms with E-state index in [4.69, 9.17) is 4.74 Å². The third-order valence-electron chi connectivity index (χ3n) is 4.31. The third-order valence-corrected chi connectivity index (χ3v) is 4.31. The summed E-state index contributed by atoms with van der Waals surface area (Å²) < 4.78 is 18.5. The molecule has 1 aliphatic rings. The number of phenols is 1. The molecule has 5 nitrogen and oxygen atoms in total. The molecule has 1 aliphatic heterocycles. The van der Waals surface area contributed by atoms with Gasteiger partial charge in [0.15, 0.2) is 0 Å². The molecule has 0 radical (unpaired) electrons. The lowest BCUT2D eigenvalue weighted by molar-refractivity contribution is 0.0663. The Morgan fingerprint density at radius 2 is 1.60 bits per heavy atom. The van der Waals surface area contributed by atoms with Crippen molar-refractivity contribution in [1.82, 2.24) is 4.90 Å². The molecule has 1 fully saturated rings. The molecule has 0 saturated carbocycles. The summed E-state index contributed by atoms with van der Waals surface area (Å²) in [4.78, 5) is 4.42. The number of hydrogen-bond acceptors (Lipinski definition) is 5. The molecule has 25 heavy (non-hydrogen) atoms. The number of aromatic hydroxyl groups is 1. The first-order valence-electron chi connectivity index (χ1n) is 8.43. The first-order chi connectivity index (χ1) is 12.1. The van der Waals surface area contributed by atoms with Gasteiger partial charge in [-0.25, -0.2) is 4.39 Å². The number of phenolic OH excluding ortho intramolecular Hbond substituents is 1. The fourth-order valence-corrected chi connectivity index (χ4v) is 2.93. The van der Waals surface area contributed by atoms with Gasteiger partial charge in [-0.1, -0.05) is 0 Å². The zero-order valence-corrected chi connectivity index (χ0v) is 14.0. The smallest absolute Gasteiger partial charge is 0.123 e. The van der Waals surface area contributed by atoms with Gasteiger partial charge in [-0.05, 0) is 48.5 Å². The van der Waals surface area contributed by atoms with Crippen molar-refractivity contribution in [2.24, 2.45) is 0 Å². The summed E-state index contributed by atoms with van der Waals surface area (Å²) in [5.41, 5.74) is 1.03. The SMILES string of the molecule is Oc1ccc(OCC(O)CN2CCN(c3ccc(F)cc3)CC2)cc1. The van der Waals surface area contributed by atoms with Crippen LogP contribution in [0, 0.1) is 5.82 Å². The Kier molecular flexibility index (Phi) is 5.73. The van der Waals surface area contributed by atoms with Crippen LogP contribution < -0.4 is 9.64 Å². The Balaban J connectivity index is 1.40. The van der Waals surface area contributed by atoms with Crippen molar-refractivity contribution in [3.63, 3.8) is 0 Å². The minimum Gasteiger partial charge on any atom is -0.508 e. The zero-order chi connectivity index (χ0) is 17.6. The quantitative estimate of drug-likeness (QED) is 0.839. The van der Waals surface area contributed by atoms with Crippen molar-refractivity contribution in [3.05, 3.63) is 54.3 Å². The van der Waals surface area contributed by atoms with Gasteiger partial charge in [-0.2, -0.15) is 0 Å². The molecule has 3 rings (SSSR count). The highest BCUT2D eigenvalue weighted by molar-refractivity contribution is 5.46. The molecule has 1 saturated heterocycles. The van der Waals surface area contributed by atoms with Gasteiger partial charge in [0.1, 0.15) is 30.0 Å². The van der Waals surface area contributed by atoms with Crippen LogP contribution >= 0.6 is 0 Å². The van der Waals surface area contributed by atoms with Gasteiger partial charge in [-0.3, -0.25) is 4.90 Å². The maximum Gasteiger partial charge on any atom is 0.123 e. The normalized spacial score (nSPS) is 16.6. The topological polar surface area (TPSA) is 56.2 Å². The Bertz CT molecular complexity index is 655. The molecule has 134 valence electrons. The number of ether oxygens (including phenoxy) is 1. The van der Waals surface area contributed by atoms with Gasteiger partial charge in [0.2, 0.25) is 0 Å². The lowest BCUT2D eigenvalue weighted by atomic mass is 10.2. The first kappa shape index (κ1) is 17.5. The van der Waals surface area contributed by atoms with E-state index in [1.165, 1.54) is 12.1 Å². The van der Waals surface area contributed by atoms with Gasteiger partial charge >= 0.3 is 0 Å². The second-order valence-electron chi connectivity index (χ2n) is 6.22. The van der Waals surface area contributed by atoms with Crippen LogP contribution in [0.15, 0.2) is 48.5 Å². The standard InChI is InChI=1S/C19H23FN2O3/c20-15-1-3-16(4-2-15)22-11-9-21(10-12-22)13-18(24)14-25-19-7-5-17(23)6-8-19/h1-8,18,23-24H,9-14H2. The first-order valence-corrected chi connectivity index (χ1v) is 8.43. The fourth-order valence-electron chi connectivity index (χ4n) is 2.93. The maximum absolute atomic E-state index is 13.0. The Morgan fingerprint density at radius 3 is 2.24 bits per heavy atom. The van der Waals surface area contributed by atoms with E-state index in [1.807, 2.05) is 0 Å². The summed E-state index contributed by atoms with van der Waals surface area (Å²) >= 11 is 0. The largest absolute Gasteiger partial charge is 0.508 e. The van der Waals surface area contributed by atoms with E-state index in [0.717, 1.165) is 31.9 Å². The summed E-state index contributed by atoms with van der Waals surface area (Å²) in [7, 11) is 0. The van der Waals surface area contributed by atoms with Crippen LogP contribution in [-0.2, 0) is 0 Å². The van der Waals surface area contributed by atoms with Gasteiger partial charge < -0.3 is 19.8 Å². The van der Waals surface area contributed by atoms with E-state index in [0.29, 0.717) is 12.3 Å². The molecular weight excluding hydrogens is 323 g/mol. The number of piperazine rings is 1. The highest BCUT2D eigenvalue weighted by Gasteiger charge is 2.19. The van der Waals surface area contributed by atoms with Gasteiger partial charge in [-0.15, -0.1) is 0 Å². The second kappa shape index (κ2) is 8.18. The maximum atomic E-state index is 13.0. The average Bonchev–Trinajstić information content (AvgIpc) is 2.63. The highest BCUT2D eigenvalue weighted by atomic mass is 19.1. The molecular formula is C19H23FN2O3. The number of aliphatic hydroxyl groups excluding tert-OH is 1. The lowest BCUT2D eigenvalue weighted by Crippen LogP contribution is -2.49. The average molecular weight is 346 g/mol. The van der Waals surface area contributed by atoms with Crippen LogP contribution in [-0.4, -0.2) is 60.5 Å². The lowest BCUT2D eigenvalue weighted by Gasteiger charge is -2.36. The van der Waals surface area contributed by atoms with Crippen molar-refractivity contribution in [2.75, 3.05) is 44.2 Å². The molecule has 0 bridgehead atoms. The fraction of sp³-hybridized carbons (Fsp3) is 0.368. The predicted molar refractivity (Wildman–Crippen MR) is 94.7 cm³/mol. The number of halogens is 1. The molecule has 6 heteroatoms. The number of hydrogen-bond donors (Lipinski definition) is 2. The van der Waals surface area contributed by atoms with Crippen LogP contribution in [0.25, 0.3) is 0 Å². The molecule has 1 unspecified atom stereocenters. The molecule has 2 aromatic carbocycles. The number of benzene rings is 2. The number of anilines is 1. The summed E-state index contributed by atoms with van der Waals surface area (Å²) in [5.74, 6) is 0.587. The Hall–Kier alpha value is -2.31. The van der Waals surface area contributed by atoms with E-state index < -0.39 is 6.10 Å². The van der Waals surface area contributed by atoms with E-state index in [1.54, 1.807) is 36.4 Å². The summed E-state index contributed by atoms with van der Waals surface area (Å²) in [6.45, 7) is 4.13. The van der Waals surface area contributed by atoms with Crippen molar-refractivity contribution in [1.29, 1.82) is 0 Å². The minimum atomic E-state index is -0.578. The molecule has 0 aromatic heterocycles. The van der Waals surface area contributed by atoms with Gasteiger partial charge in [0.05, 0.1) is 0 Å². The second-order valence-corrected chi connectivity index (χ2v) is 6.22. The van der Waals surface area contributed by atoms with Gasteiger partial charge in [0.25, 0.3) is 0 Å². The van der Waals surface area contributed by atoms with E-state index in [9.17, 15) is 14.6 Å². The van der Waals surface area contributed by atoms with Crippen molar-refractivity contribution in [2.45, 2.75) is 6.10 Å². The summed E-state index contributed by atoms with van der Waals surface area (Å²) in [6, 6.07) is 13.0. The van der Waals surface area contributed by atoms with Crippen LogP contribution in [0.5, 0.6) is 11.5 Å². The van der Waals surface area contributed by atoms with Crippen molar-refractivity contribution < 1.29 is 19.3 Å². The van der Waals surface area contributed by atoms with Crippen LogP contribution in [0.1, 0.15) is 0 Å². The van der Waals surface area contributed by atoms with Crippen LogP contribution in [0.3, 0.4) is 0 Å². The number of rotatable bonds is 6. The molecule has 1 heterocycles. The molecule has 0 spiro atoms. The molecule has 1 atom stereocenters. The third kappa shape index (κ3) is 5.08. The van der Waals surface area contributed by atoms with Crippen LogP contribution in [0.2, 0.25) is 0 Å². The Labute approximate surface area is 146 Å². The molecule has 0 amide bonds. The number of nitrogens with zero attached hydrogens (tertiary/aromatic N) is 2. The molecule has 0 aliphatic carbocycles. The minimum absolute atomic E-state index is 0.187. The van der Waals surface area contributed by atoms with E-state index in [-0.39, 0.29) is 18.2 Å².